The summed E-state index contributed by atoms with van der Waals surface area (Å²) >= 11 is 0. The molecule has 1 aromatic rings. The zero-order valence-corrected chi connectivity index (χ0v) is 18.7. The minimum absolute atomic E-state index is 0.113. The maximum atomic E-state index is 13.4. The molecule has 1 aromatic carbocycles. The third-order valence-corrected chi connectivity index (χ3v) is 7.22. The van der Waals surface area contributed by atoms with Crippen molar-refractivity contribution >= 4 is 23.6 Å². The van der Waals surface area contributed by atoms with Crippen molar-refractivity contribution in [1.82, 2.24) is 20.4 Å². The Morgan fingerprint density at radius 3 is 2.58 bits per heavy atom. The van der Waals surface area contributed by atoms with Crippen molar-refractivity contribution in [2.45, 2.75) is 63.3 Å². The number of amides is 4. The highest BCUT2D eigenvalue weighted by atomic mass is 16.5. The third kappa shape index (κ3) is 4.32. The molecule has 5 rings (SSSR count). The summed E-state index contributed by atoms with van der Waals surface area (Å²) in [5.41, 5.74) is 1.53. The van der Waals surface area contributed by atoms with Crippen LogP contribution in [0.15, 0.2) is 18.2 Å². The Balaban J connectivity index is 1.41. The normalized spacial score (nSPS) is 26.3. The van der Waals surface area contributed by atoms with E-state index in [1.165, 1.54) is 0 Å². The number of benzene rings is 1. The van der Waals surface area contributed by atoms with Crippen LogP contribution >= 0.6 is 0 Å². The molecular weight excluding hydrogens is 424 g/mol. The molecule has 9 nitrogen and oxygen atoms in total. The topological polar surface area (TPSA) is 108 Å². The molecule has 4 amide bonds. The first-order chi connectivity index (χ1) is 16.0. The number of carbonyl (C=O) groups excluding carboxylic acids is 4. The number of hydrogen-bond acceptors (Lipinski definition) is 7. The first-order valence-corrected chi connectivity index (χ1v) is 11.9. The summed E-state index contributed by atoms with van der Waals surface area (Å²) in [5, 5.41) is 5.66. The van der Waals surface area contributed by atoms with Gasteiger partial charge in [-0.1, -0.05) is 12.1 Å². The molecule has 176 valence electrons. The predicted molar refractivity (Wildman–Crippen MR) is 118 cm³/mol. The number of fused-ring (bicyclic) bond motifs is 1. The van der Waals surface area contributed by atoms with E-state index in [9.17, 15) is 19.2 Å². The largest absolute Gasteiger partial charge is 0.377 e. The monoisotopic (exact) mass is 454 g/mol. The van der Waals surface area contributed by atoms with Crippen molar-refractivity contribution in [2.24, 2.45) is 0 Å². The van der Waals surface area contributed by atoms with Crippen molar-refractivity contribution in [3.63, 3.8) is 0 Å². The van der Waals surface area contributed by atoms with E-state index >= 15 is 0 Å². The number of rotatable bonds is 6. The van der Waals surface area contributed by atoms with Gasteiger partial charge in [-0.3, -0.25) is 34.3 Å². The smallest absolute Gasteiger partial charge is 0.262 e. The van der Waals surface area contributed by atoms with Gasteiger partial charge in [0.2, 0.25) is 11.8 Å². The van der Waals surface area contributed by atoms with Gasteiger partial charge in [-0.25, -0.2) is 0 Å². The van der Waals surface area contributed by atoms with Crippen LogP contribution in [-0.4, -0.2) is 77.9 Å². The van der Waals surface area contributed by atoms with Gasteiger partial charge in [0, 0.05) is 32.2 Å². The summed E-state index contributed by atoms with van der Waals surface area (Å²) in [5.74, 6) is -1.86. The van der Waals surface area contributed by atoms with E-state index < -0.39 is 23.8 Å². The van der Waals surface area contributed by atoms with Gasteiger partial charge < -0.3 is 10.1 Å². The van der Waals surface area contributed by atoms with Crippen LogP contribution < -0.4 is 10.6 Å². The second-order valence-electron chi connectivity index (χ2n) is 9.33. The number of hydrogen-bond donors (Lipinski definition) is 2. The molecule has 0 aliphatic carbocycles. The van der Waals surface area contributed by atoms with E-state index in [4.69, 9.17) is 4.74 Å². The minimum Gasteiger partial charge on any atom is -0.377 e. The number of imide groups is 2. The molecule has 3 saturated heterocycles. The fourth-order valence-electron chi connectivity index (χ4n) is 5.50. The number of nitrogens with one attached hydrogen (secondary N) is 2. The molecule has 0 spiro atoms. The Kier molecular flexibility index (Phi) is 6.27. The van der Waals surface area contributed by atoms with Crippen LogP contribution in [0, 0.1) is 0 Å². The lowest BCUT2D eigenvalue weighted by atomic mass is 9.99. The number of nitrogens with zero attached hydrogens (tertiary/aromatic N) is 2. The van der Waals surface area contributed by atoms with Crippen molar-refractivity contribution in [1.29, 1.82) is 0 Å². The SMILES string of the molecule is O=C1CCC(N2C(=O)c3cccc(CN(CC4CCCO4)C4CCNCC4)c3C2=O)C(=O)N1. The lowest BCUT2D eigenvalue weighted by molar-refractivity contribution is -0.136. The van der Waals surface area contributed by atoms with Gasteiger partial charge in [0.1, 0.15) is 6.04 Å². The minimum atomic E-state index is -0.949. The fourth-order valence-corrected chi connectivity index (χ4v) is 5.50. The second kappa shape index (κ2) is 9.32. The molecule has 4 heterocycles. The van der Waals surface area contributed by atoms with E-state index in [1.807, 2.05) is 6.07 Å². The van der Waals surface area contributed by atoms with Crippen LogP contribution in [-0.2, 0) is 20.9 Å². The summed E-state index contributed by atoms with van der Waals surface area (Å²) in [6.45, 7) is 4.06. The quantitative estimate of drug-likeness (QED) is 0.613. The van der Waals surface area contributed by atoms with Crippen LogP contribution in [0.4, 0.5) is 0 Å². The lowest BCUT2D eigenvalue weighted by Crippen LogP contribution is -2.54. The maximum absolute atomic E-state index is 13.4. The highest BCUT2D eigenvalue weighted by Gasteiger charge is 2.45. The molecule has 2 unspecified atom stereocenters. The Labute approximate surface area is 192 Å². The zero-order valence-electron chi connectivity index (χ0n) is 18.7. The van der Waals surface area contributed by atoms with Gasteiger partial charge in [-0.2, -0.15) is 0 Å². The molecule has 0 aromatic heterocycles. The van der Waals surface area contributed by atoms with Gasteiger partial charge in [0.25, 0.3) is 11.8 Å². The van der Waals surface area contributed by atoms with Crippen molar-refractivity contribution in [3.8, 4) is 0 Å². The maximum Gasteiger partial charge on any atom is 0.262 e. The molecule has 9 heteroatoms. The van der Waals surface area contributed by atoms with Crippen LogP contribution in [0.25, 0.3) is 0 Å². The number of piperidine rings is 2. The lowest BCUT2D eigenvalue weighted by Gasteiger charge is -2.36. The molecular formula is C24H30N4O5. The Hall–Kier alpha value is -2.62. The van der Waals surface area contributed by atoms with Gasteiger partial charge in [-0.05, 0) is 56.8 Å². The molecule has 4 aliphatic rings. The third-order valence-electron chi connectivity index (χ3n) is 7.22. The summed E-state index contributed by atoms with van der Waals surface area (Å²) < 4.78 is 5.90. The molecule has 0 radical (unpaired) electrons. The molecule has 33 heavy (non-hydrogen) atoms. The predicted octanol–water partition coefficient (Wildman–Crippen LogP) is 0.821. The van der Waals surface area contributed by atoms with Crippen molar-refractivity contribution in [3.05, 3.63) is 34.9 Å². The standard InChI is InChI=1S/C24H30N4O5/c29-20-7-6-19(22(30)26-20)28-23(31)18-5-1-3-15(21(18)24(28)32)13-27(14-17-4-2-12-33-17)16-8-10-25-11-9-16/h1,3,5,16-17,19,25H,2,4,6-14H2,(H,26,29,30). The second-order valence-corrected chi connectivity index (χ2v) is 9.33. The van der Waals surface area contributed by atoms with E-state index in [0.717, 1.165) is 62.4 Å². The van der Waals surface area contributed by atoms with E-state index in [-0.39, 0.29) is 24.9 Å². The molecule has 0 saturated carbocycles. The van der Waals surface area contributed by atoms with Crippen LogP contribution in [0.5, 0.6) is 0 Å². The van der Waals surface area contributed by atoms with Gasteiger partial charge in [0.05, 0.1) is 17.2 Å². The zero-order chi connectivity index (χ0) is 22.9. The first-order valence-electron chi connectivity index (χ1n) is 11.9. The first kappa shape index (κ1) is 22.2. The summed E-state index contributed by atoms with van der Waals surface area (Å²) in [6, 6.07) is 4.79. The molecule has 2 N–H and O–H groups in total. The summed E-state index contributed by atoms with van der Waals surface area (Å²) in [7, 11) is 0. The fraction of sp³-hybridized carbons (Fsp3) is 0.583. The van der Waals surface area contributed by atoms with Crippen LogP contribution in [0.3, 0.4) is 0 Å². The Morgan fingerprint density at radius 1 is 1.03 bits per heavy atom. The number of ether oxygens (including phenoxy) is 1. The summed E-state index contributed by atoms with van der Waals surface area (Å²) in [4.78, 5) is 54.0. The summed E-state index contributed by atoms with van der Waals surface area (Å²) in [6.07, 6.45) is 4.62. The molecule has 0 bridgehead atoms. The Bertz CT molecular complexity index is 968. The van der Waals surface area contributed by atoms with E-state index in [1.54, 1.807) is 12.1 Å². The van der Waals surface area contributed by atoms with Crippen molar-refractivity contribution in [2.75, 3.05) is 26.2 Å². The average Bonchev–Trinajstić information content (AvgIpc) is 3.41. The molecule has 4 aliphatic heterocycles. The van der Waals surface area contributed by atoms with Gasteiger partial charge in [0.15, 0.2) is 0 Å². The van der Waals surface area contributed by atoms with Crippen LogP contribution in [0.1, 0.15) is 64.8 Å². The van der Waals surface area contributed by atoms with E-state index in [2.05, 4.69) is 15.5 Å². The van der Waals surface area contributed by atoms with Gasteiger partial charge in [-0.15, -0.1) is 0 Å². The highest BCUT2D eigenvalue weighted by molar-refractivity contribution is 6.24. The molecule has 2 atom stereocenters. The van der Waals surface area contributed by atoms with Gasteiger partial charge >= 0.3 is 0 Å². The average molecular weight is 455 g/mol. The highest BCUT2D eigenvalue weighted by Crippen LogP contribution is 2.31. The number of carbonyl (C=O) groups is 4. The van der Waals surface area contributed by atoms with Crippen molar-refractivity contribution < 1.29 is 23.9 Å². The van der Waals surface area contributed by atoms with Crippen LogP contribution in [0.2, 0.25) is 0 Å². The Morgan fingerprint density at radius 2 is 1.85 bits per heavy atom. The van der Waals surface area contributed by atoms with E-state index in [0.29, 0.717) is 23.7 Å². The molecule has 3 fully saturated rings.